The van der Waals surface area contributed by atoms with Gasteiger partial charge >= 0.3 is 0 Å². The molecule has 18 heavy (non-hydrogen) atoms. The molecule has 0 aliphatic heterocycles. The number of methoxy groups -OCH3 is 1. The number of aromatic nitrogens is 1. The maximum absolute atomic E-state index is 11.4. The Hall–Kier alpha value is -1.66. The molecular formula is C12H18N2O4. The van der Waals surface area contributed by atoms with Crippen molar-refractivity contribution in [1.29, 1.82) is 0 Å². The van der Waals surface area contributed by atoms with Crippen molar-refractivity contribution >= 4 is 11.6 Å². The van der Waals surface area contributed by atoms with Gasteiger partial charge in [0.15, 0.2) is 0 Å². The summed E-state index contributed by atoms with van der Waals surface area (Å²) in [5.74, 6) is 0.293. The largest absolute Gasteiger partial charge is 0.475 e. The number of hydrogen-bond acceptors (Lipinski definition) is 5. The van der Waals surface area contributed by atoms with Crippen molar-refractivity contribution in [1.82, 2.24) is 4.98 Å². The monoisotopic (exact) mass is 254 g/mol. The van der Waals surface area contributed by atoms with Gasteiger partial charge in [0.05, 0.1) is 18.5 Å². The SMILES string of the molecule is CCOCC(=O)Nc1ccc(OCCOC)nc1. The fourth-order valence-electron chi connectivity index (χ4n) is 1.16. The first kappa shape index (κ1) is 14.4. The molecule has 0 radical (unpaired) electrons. The van der Waals surface area contributed by atoms with E-state index >= 15 is 0 Å². The summed E-state index contributed by atoms with van der Waals surface area (Å²) in [6, 6.07) is 3.41. The van der Waals surface area contributed by atoms with E-state index in [1.807, 2.05) is 6.92 Å². The predicted octanol–water partition coefficient (Wildman–Crippen LogP) is 1.08. The maximum atomic E-state index is 11.4. The Labute approximate surface area is 106 Å². The first-order valence-electron chi connectivity index (χ1n) is 5.71. The summed E-state index contributed by atoms with van der Waals surface area (Å²) in [5.41, 5.74) is 0.610. The molecule has 1 aromatic heterocycles. The standard InChI is InChI=1S/C12H18N2O4/c1-3-17-9-11(15)14-10-4-5-12(13-8-10)18-7-6-16-2/h4-5,8H,3,6-7,9H2,1-2H3,(H,14,15). The van der Waals surface area contributed by atoms with Crippen LogP contribution in [0.1, 0.15) is 6.92 Å². The molecule has 1 aromatic rings. The van der Waals surface area contributed by atoms with Crippen LogP contribution in [0.4, 0.5) is 5.69 Å². The van der Waals surface area contributed by atoms with Crippen LogP contribution in [0, 0.1) is 0 Å². The third-order valence-electron chi connectivity index (χ3n) is 1.99. The lowest BCUT2D eigenvalue weighted by Crippen LogP contribution is -2.18. The summed E-state index contributed by atoms with van der Waals surface area (Å²) >= 11 is 0. The van der Waals surface area contributed by atoms with Gasteiger partial charge in [0.1, 0.15) is 13.2 Å². The zero-order valence-electron chi connectivity index (χ0n) is 10.6. The third kappa shape index (κ3) is 5.60. The highest BCUT2D eigenvalue weighted by Gasteiger charge is 2.02. The number of ether oxygens (including phenoxy) is 3. The minimum absolute atomic E-state index is 0.0442. The molecule has 0 spiro atoms. The van der Waals surface area contributed by atoms with E-state index in [0.29, 0.717) is 31.4 Å². The molecule has 0 saturated heterocycles. The average Bonchev–Trinajstić information content (AvgIpc) is 2.39. The van der Waals surface area contributed by atoms with Gasteiger partial charge in [-0.2, -0.15) is 0 Å². The lowest BCUT2D eigenvalue weighted by Gasteiger charge is -2.07. The Morgan fingerprint density at radius 1 is 1.39 bits per heavy atom. The molecule has 1 amide bonds. The molecule has 6 nitrogen and oxygen atoms in total. The second-order valence-corrected chi connectivity index (χ2v) is 3.41. The zero-order valence-corrected chi connectivity index (χ0v) is 10.6. The molecular weight excluding hydrogens is 236 g/mol. The predicted molar refractivity (Wildman–Crippen MR) is 66.7 cm³/mol. The van der Waals surface area contributed by atoms with Crippen LogP contribution in [0.5, 0.6) is 5.88 Å². The van der Waals surface area contributed by atoms with E-state index in [1.165, 1.54) is 6.20 Å². The van der Waals surface area contributed by atoms with E-state index in [-0.39, 0.29) is 12.5 Å². The smallest absolute Gasteiger partial charge is 0.250 e. The minimum atomic E-state index is -0.202. The van der Waals surface area contributed by atoms with Gasteiger partial charge in [-0.3, -0.25) is 4.79 Å². The topological polar surface area (TPSA) is 69.7 Å². The summed E-state index contributed by atoms with van der Waals surface area (Å²) in [6.07, 6.45) is 1.53. The van der Waals surface area contributed by atoms with E-state index in [9.17, 15) is 4.79 Å². The number of anilines is 1. The number of nitrogens with one attached hydrogen (secondary N) is 1. The van der Waals surface area contributed by atoms with Crippen LogP contribution in [0.15, 0.2) is 18.3 Å². The molecule has 0 aliphatic rings. The van der Waals surface area contributed by atoms with E-state index in [1.54, 1.807) is 19.2 Å². The summed E-state index contributed by atoms with van der Waals surface area (Å²) < 4.78 is 15.1. The number of nitrogens with zero attached hydrogens (tertiary/aromatic N) is 1. The van der Waals surface area contributed by atoms with Gasteiger partial charge in [0, 0.05) is 19.8 Å². The van der Waals surface area contributed by atoms with Crippen LogP contribution in [-0.4, -0.2) is 44.4 Å². The Kier molecular flexibility index (Phi) is 6.75. The zero-order chi connectivity index (χ0) is 13.2. The summed E-state index contributed by atoms with van der Waals surface area (Å²) in [5, 5.41) is 2.66. The lowest BCUT2D eigenvalue weighted by molar-refractivity contribution is -0.120. The molecule has 0 atom stereocenters. The van der Waals surface area contributed by atoms with Crippen LogP contribution in [0.3, 0.4) is 0 Å². The average molecular weight is 254 g/mol. The fraction of sp³-hybridized carbons (Fsp3) is 0.500. The number of pyridine rings is 1. The lowest BCUT2D eigenvalue weighted by atomic mass is 10.4. The van der Waals surface area contributed by atoms with Crippen molar-refractivity contribution in [2.45, 2.75) is 6.92 Å². The molecule has 0 saturated carbocycles. The normalized spacial score (nSPS) is 10.1. The molecule has 0 bridgehead atoms. The van der Waals surface area contributed by atoms with E-state index < -0.39 is 0 Å². The molecule has 0 aliphatic carbocycles. The van der Waals surface area contributed by atoms with Gasteiger partial charge in [0.25, 0.3) is 0 Å². The summed E-state index contributed by atoms with van der Waals surface area (Å²) in [4.78, 5) is 15.4. The highest BCUT2D eigenvalue weighted by atomic mass is 16.5. The van der Waals surface area contributed by atoms with Crippen molar-refractivity contribution < 1.29 is 19.0 Å². The number of carbonyl (C=O) groups is 1. The van der Waals surface area contributed by atoms with E-state index in [0.717, 1.165) is 0 Å². The highest BCUT2D eigenvalue weighted by molar-refractivity contribution is 5.91. The second kappa shape index (κ2) is 8.43. The van der Waals surface area contributed by atoms with Crippen molar-refractivity contribution in [2.75, 3.05) is 38.9 Å². The van der Waals surface area contributed by atoms with Crippen LogP contribution >= 0.6 is 0 Å². The van der Waals surface area contributed by atoms with Gasteiger partial charge in [-0.05, 0) is 13.0 Å². The molecule has 0 fully saturated rings. The Balaban J connectivity index is 2.37. The number of carbonyl (C=O) groups excluding carboxylic acids is 1. The van der Waals surface area contributed by atoms with Crippen LogP contribution in [0.25, 0.3) is 0 Å². The number of hydrogen-bond donors (Lipinski definition) is 1. The Morgan fingerprint density at radius 2 is 2.22 bits per heavy atom. The summed E-state index contributed by atoms with van der Waals surface area (Å²) in [6.45, 7) is 3.34. The molecule has 6 heteroatoms. The highest BCUT2D eigenvalue weighted by Crippen LogP contribution is 2.11. The maximum Gasteiger partial charge on any atom is 0.250 e. The molecule has 1 heterocycles. The minimum Gasteiger partial charge on any atom is -0.475 e. The number of rotatable bonds is 8. The fourth-order valence-corrected chi connectivity index (χ4v) is 1.16. The quantitative estimate of drug-likeness (QED) is 0.703. The Bertz CT molecular complexity index is 354. The van der Waals surface area contributed by atoms with Crippen molar-refractivity contribution in [3.05, 3.63) is 18.3 Å². The van der Waals surface area contributed by atoms with Crippen LogP contribution < -0.4 is 10.1 Å². The van der Waals surface area contributed by atoms with E-state index in [2.05, 4.69) is 10.3 Å². The van der Waals surface area contributed by atoms with Gasteiger partial charge in [-0.25, -0.2) is 4.98 Å². The summed E-state index contributed by atoms with van der Waals surface area (Å²) in [7, 11) is 1.60. The van der Waals surface area contributed by atoms with Gasteiger partial charge in [-0.1, -0.05) is 0 Å². The van der Waals surface area contributed by atoms with Crippen molar-refractivity contribution in [2.24, 2.45) is 0 Å². The molecule has 0 unspecified atom stereocenters. The molecule has 1 N–H and O–H groups in total. The third-order valence-corrected chi connectivity index (χ3v) is 1.99. The molecule has 0 aromatic carbocycles. The first-order chi connectivity index (χ1) is 8.76. The van der Waals surface area contributed by atoms with Crippen LogP contribution in [-0.2, 0) is 14.3 Å². The number of amides is 1. The first-order valence-corrected chi connectivity index (χ1v) is 5.71. The van der Waals surface area contributed by atoms with Crippen molar-refractivity contribution in [3.63, 3.8) is 0 Å². The molecule has 1 rings (SSSR count). The Morgan fingerprint density at radius 3 is 2.83 bits per heavy atom. The van der Waals surface area contributed by atoms with Crippen LogP contribution in [0.2, 0.25) is 0 Å². The van der Waals surface area contributed by atoms with Crippen molar-refractivity contribution in [3.8, 4) is 5.88 Å². The van der Waals surface area contributed by atoms with Gasteiger partial charge in [0.2, 0.25) is 11.8 Å². The van der Waals surface area contributed by atoms with E-state index in [4.69, 9.17) is 14.2 Å². The van der Waals surface area contributed by atoms with Gasteiger partial charge in [-0.15, -0.1) is 0 Å². The second-order valence-electron chi connectivity index (χ2n) is 3.41. The molecule has 100 valence electrons. The van der Waals surface area contributed by atoms with Gasteiger partial charge < -0.3 is 19.5 Å².